The topological polar surface area (TPSA) is 94.4 Å². The zero-order chi connectivity index (χ0) is 18.0. The van der Waals surface area contributed by atoms with Gasteiger partial charge < -0.3 is 26.0 Å². The first-order valence-electron chi connectivity index (χ1n) is 8.58. The van der Waals surface area contributed by atoms with E-state index in [0.717, 1.165) is 31.9 Å². The molecule has 1 heterocycles. The van der Waals surface area contributed by atoms with Crippen LogP contribution >= 0.6 is 0 Å². The molecule has 6 heteroatoms. The molecule has 25 heavy (non-hydrogen) atoms. The number of nitrogens with two attached hydrogens (primary N) is 1. The number of pyridine rings is 1. The summed E-state index contributed by atoms with van der Waals surface area (Å²) in [4.78, 5) is 18.5. The molecule has 132 valence electrons. The molecule has 3 aromatic rings. The van der Waals surface area contributed by atoms with E-state index in [9.17, 15) is 9.90 Å². The van der Waals surface area contributed by atoms with Crippen LogP contribution in [-0.2, 0) is 0 Å². The van der Waals surface area contributed by atoms with Gasteiger partial charge in [0.25, 0.3) is 0 Å². The fourth-order valence-electron chi connectivity index (χ4n) is 3.12. The summed E-state index contributed by atoms with van der Waals surface area (Å²) in [5.41, 5.74) is 8.49. The molecule has 0 unspecified atom stereocenters. The summed E-state index contributed by atoms with van der Waals surface area (Å²) in [5, 5.41) is 14.0. The van der Waals surface area contributed by atoms with Crippen molar-refractivity contribution in [3.05, 3.63) is 40.6 Å². The lowest BCUT2D eigenvalue weighted by atomic mass is 10.1. The number of likely N-dealkylation sites (N-methyl/N-ethyl adjacent to an activating group) is 1. The van der Waals surface area contributed by atoms with Gasteiger partial charge in [0.2, 0.25) is 0 Å². The molecule has 0 atom stereocenters. The molecule has 6 nitrogen and oxygen atoms in total. The molecule has 0 bridgehead atoms. The molecule has 0 saturated heterocycles. The Bertz CT molecular complexity index is 961. The van der Waals surface area contributed by atoms with Gasteiger partial charge in [0.15, 0.2) is 5.43 Å². The summed E-state index contributed by atoms with van der Waals surface area (Å²) in [6.07, 6.45) is 0. The van der Waals surface area contributed by atoms with Crippen molar-refractivity contribution in [3.8, 4) is 5.75 Å². The minimum Gasteiger partial charge on any atom is -0.508 e. The van der Waals surface area contributed by atoms with E-state index in [-0.39, 0.29) is 11.2 Å². The van der Waals surface area contributed by atoms with Gasteiger partial charge in [-0.2, -0.15) is 0 Å². The molecule has 5 N–H and O–H groups in total. The summed E-state index contributed by atoms with van der Waals surface area (Å²) in [6, 6.07) is 8.35. The number of hydrogen-bond donors (Lipinski definition) is 4. The van der Waals surface area contributed by atoms with Gasteiger partial charge in [-0.25, -0.2) is 0 Å². The molecule has 0 spiro atoms. The van der Waals surface area contributed by atoms with Crippen molar-refractivity contribution in [2.75, 3.05) is 37.2 Å². The van der Waals surface area contributed by atoms with E-state index in [1.807, 2.05) is 6.07 Å². The number of anilines is 2. The number of nitrogens with zero attached hydrogens (tertiary/aromatic N) is 1. The van der Waals surface area contributed by atoms with Crippen molar-refractivity contribution in [1.29, 1.82) is 0 Å². The standard InChI is InChI=1S/C19H24N4O2/c1-3-23(4-2)10-9-21-16-8-6-14(20)18-17(16)19(25)13-11-12(24)5-7-15(13)22-18/h5-8,11,21,24H,3-4,9-10,20H2,1-2H3,(H,22,25). The largest absolute Gasteiger partial charge is 0.508 e. The third-order valence-electron chi connectivity index (χ3n) is 4.61. The Morgan fingerprint density at radius 2 is 1.96 bits per heavy atom. The lowest BCUT2D eigenvalue weighted by Gasteiger charge is -2.19. The van der Waals surface area contributed by atoms with Crippen LogP contribution in [0.5, 0.6) is 5.75 Å². The summed E-state index contributed by atoms with van der Waals surface area (Å²) < 4.78 is 0. The van der Waals surface area contributed by atoms with E-state index in [4.69, 9.17) is 5.73 Å². The number of aromatic amines is 1. The average Bonchev–Trinajstić information content (AvgIpc) is 2.61. The van der Waals surface area contributed by atoms with Crippen LogP contribution in [0.15, 0.2) is 35.1 Å². The molecule has 0 saturated carbocycles. The number of benzene rings is 2. The summed E-state index contributed by atoms with van der Waals surface area (Å²) in [6.45, 7) is 7.87. The Kier molecular flexibility index (Phi) is 4.81. The highest BCUT2D eigenvalue weighted by Gasteiger charge is 2.12. The maximum Gasteiger partial charge on any atom is 0.199 e. The number of aromatic nitrogens is 1. The van der Waals surface area contributed by atoms with Gasteiger partial charge in [-0.1, -0.05) is 13.8 Å². The van der Waals surface area contributed by atoms with E-state index in [0.29, 0.717) is 27.5 Å². The van der Waals surface area contributed by atoms with Gasteiger partial charge in [-0.15, -0.1) is 0 Å². The van der Waals surface area contributed by atoms with Crippen LogP contribution in [0, 0.1) is 0 Å². The predicted octanol–water partition coefficient (Wildman–Crippen LogP) is 2.72. The molecule has 0 amide bonds. The Morgan fingerprint density at radius 1 is 1.20 bits per heavy atom. The van der Waals surface area contributed by atoms with E-state index >= 15 is 0 Å². The molecule has 0 aliphatic carbocycles. The smallest absolute Gasteiger partial charge is 0.199 e. The minimum absolute atomic E-state index is 0.0669. The van der Waals surface area contributed by atoms with Crippen molar-refractivity contribution < 1.29 is 5.11 Å². The summed E-state index contributed by atoms with van der Waals surface area (Å²) >= 11 is 0. The first kappa shape index (κ1) is 17.1. The van der Waals surface area contributed by atoms with Crippen molar-refractivity contribution in [2.45, 2.75) is 13.8 Å². The molecule has 0 aliphatic rings. The third-order valence-corrected chi connectivity index (χ3v) is 4.61. The summed E-state index contributed by atoms with van der Waals surface area (Å²) in [7, 11) is 0. The molecular weight excluding hydrogens is 316 g/mol. The first-order chi connectivity index (χ1) is 12.0. The second-order valence-corrected chi connectivity index (χ2v) is 6.09. The number of fused-ring (bicyclic) bond motifs is 2. The van der Waals surface area contributed by atoms with Gasteiger partial charge in [0, 0.05) is 24.2 Å². The van der Waals surface area contributed by atoms with Crippen LogP contribution in [0.1, 0.15) is 13.8 Å². The van der Waals surface area contributed by atoms with E-state index in [1.54, 1.807) is 18.2 Å². The molecule has 0 aliphatic heterocycles. The molecular formula is C19H24N4O2. The van der Waals surface area contributed by atoms with Gasteiger partial charge in [-0.05, 0) is 43.4 Å². The van der Waals surface area contributed by atoms with Gasteiger partial charge in [0.05, 0.1) is 22.1 Å². The molecule has 0 fully saturated rings. The average molecular weight is 340 g/mol. The van der Waals surface area contributed by atoms with Crippen molar-refractivity contribution in [2.24, 2.45) is 0 Å². The van der Waals surface area contributed by atoms with Gasteiger partial charge in [0.1, 0.15) is 5.75 Å². The Balaban J connectivity index is 2.07. The number of nitrogens with one attached hydrogen (secondary N) is 2. The minimum atomic E-state index is -0.141. The lowest BCUT2D eigenvalue weighted by Crippen LogP contribution is -2.28. The Labute approximate surface area is 146 Å². The van der Waals surface area contributed by atoms with Crippen molar-refractivity contribution in [1.82, 2.24) is 9.88 Å². The summed E-state index contributed by atoms with van der Waals surface area (Å²) in [5.74, 6) is 0.0669. The normalized spacial score (nSPS) is 11.5. The molecule has 1 aromatic heterocycles. The zero-order valence-corrected chi connectivity index (χ0v) is 14.6. The molecule has 0 radical (unpaired) electrons. The Hall–Kier alpha value is -2.73. The van der Waals surface area contributed by atoms with Crippen molar-refractivity contribution in [3.63, 3.8) is 0 Å². The zero-order valence-electron chi connectivity index (χ0n) is 14.6. The van der Waals surface area contributed by atoms with Crippen LogP contribution in [0.2, 0.25) is 0 Å². The number of phenols is 1. The highest BCUT2D eigenvalue weighted by Crippen LogP contribution is 2.27. The number of aromatic hydroxyl groups is 1. The van der Waals surface area contributed by atoms with E-state index < -0.39 is 0 Å². The highest BCUT2D eigenvalue weighted by atomic mass is 16.3. The van der Waals surface area contributed by atoms with Crippen LogP contribution < -0.4 is 16.5 Å². The fraction of sp³-hybridized carbons (Fsp3) is 0.316. The number of H-pyrrole nitrogens is 1. The molecule has 3 rings (SSSR count). The monoisotopic (exact) mass is 340 g/mol. The second-order valence-electron chi connectivity index (χ2n) is 6.09. The van der Waals surface area contributed by atoms with Crippen LogP contribution in [0.4, 0.5) is 11.4 Å². The number of nitrogen functional groups attached to an aromatic ring is 1. The fourth-order valence-corrected chi connectivity index (χ4v) is 3.12. The maximum atomic E-state index is 13.0. The SMILES string of the molecule is CCN(CC)CCNc1ccc(N)c2[nH]c3ccc(O)cc3c(=O)c12. The third kappa shape index (κ3) is 3.25. The van der Waals surface area contributed by atoms with Crippen molar-refractivity contribution >= 4 is 33.2 Å². The van der Waals surface area contributed by atoms with Gasteiger partial charge in [-0.3, -0.25) is 4.79 Å². The number of hydrogen-bond acceptors (Lipinski definition) is 5. The second kappa shape index (κ2) is 7.03. The van der Waals surface area contributed by atoms with Crippen LogP contribution in [0.3, 0.4) is 0 Å². The molecule has 2 aromatic carbocycles. The van der Waals surface area contributed by atoms with Gasteiger partial charge >= 0.3 is 0 Å². The maximum absolute atomic E-state index is 13.0. The number of phenolic OH excluding ortho intramolecular Hbond substituents is 1. The quantitative estimate of drug-likeness (QED) is 0.409. The Morgan fingerprint density at radius 3 is 2.68 bits per heavy atom. The first-order valence-corrected chi connectivity index (χ1v) is 8.58. The van der Waals surface area contributed by atoms with E-state index in [2.05, 4.69) is 29.0 Å². The number of rotatable bonds is 6. The van der Waals surface area contributed by atoms with Crippen LogP contribution in [0.25, 0.3) is 21.8 Å². The lowest BCUT2D eigenvalue weighted by molar-refractivity contribution is 0.316. The highest BCUT2D eigenvalue weighted by molar-refractivity contribution is 6.04. The van der Waals surface area contributed by atoms with Crippen LogP contribution in [-0.4, -0.2) is 41.2 Å². The van der Waals surface area contributed by atoms with E-state index in [1.165, 1.54) is 6.07 Å². The predicted molar refractivity (Wildman–Crippen MR) is 104 cm³/mol.